The zero-order valence-electron chi connectivity index (χ0n) is 41.3. The Morgan fingerprint density at radius 1 is 0.700 bits per heavy atom. The minimum Gasteiger partial charge on any atom is -0.476 e. The summed E-state index contributed by atoms with van der Waals surface area (Å²) in [6.45, 7) is 16.6. The van der Waals surface area contributed by atoms with Crippen molar-refractivity contribution in [3.05, 3.63) is 166 Å². The first kappa shape index (κ1) is 51.2. The third kappa shape index (κ3) is 12.2. The minimum atomic E-state index is -0.446. The second kappa shape index (κ2) is 24.2. The molecule has 70 heavy (non-hydrogen) atoms. The van der Waals surface area contributed by atoms with E-state index in [1.807, 2.05) is 29.9 Å². The lowest BCUT2D eigenvalue weighted by Gasteiger charge is -2.18. The van der Waals surface area contributed by atoms with Crippen molar-refractivity contribution in [1.82, 2.24) is 39.0 Å². The Balaban J connectivity index is 0.000000158. The van der Waals surface area contributed by atoms with E-state index in [1.165, 1.54) is 28.0 Å². The van der Waals surface area contributed by atoms with Crippen molar-refractivity contribution in [1.29, 1.82) is 0 Å². The van der Waals surface area contributed by atoms with E-state index < -0.39 is 12.8 Å². The molecule has 15 nitrogen and oxygen atoms in total. The van der Waals surface area contributed by atoms with E-state index in [4.69, 9.17) is 14.2 Å². The number of nitrogens with one attached hydrogen (secondary N) is 1. The van der Waals surface area contributed by atoms with Crippen LogP contribution < -0.4 is 26.2 Å². The van der Waals surface area contributed by atoms with Crippen molar-refractivity contribution >= 4 is 51.9 Å². The fourth-order valence-electron chi connectivity index (χ4n) is 8.86. The van der Waals surface area contributed by atoms with Crippen LogP contribution in [0.5, 0.6) is 5.88 Å². The lowest BCUT2D eigenvalue weighted by atomic mass is 10.0. The number of benzene rings is 4. The largest absolute Gasteiger partial charge is 0.476 e. The van der Waals surface area contributed by atoms with E-state index in [0.29, 0.717) is 64.7 Å². The first-order valence-electron chi connectivity index (χ1n) is 24.3. The number of nitrogens with zero attached hydrogens (tertiary/aromatic N) is 8. The van der Waals surface area contributed by atoms with Gasteiger partial charge in [0.2, 0.25) is 5.88 Å². The van der Waals surface area contributed by atoms with Gasteiger partial charge in [-0.2, -0.15) is 4.98 Å². The number of nitro groups is 1. The molecule has 4 aromatic heterocycles. The van der Waals surface area contributed by atoms with Crippen LogP contribution in [0.3, 0.4) is 0 Å². The highest BCUT2D eigenvalue weighted by Crippen LogP contribution is 2.38. The third-order valence-electron chi connectivity index (χ3n) is 12.4. The van der Waals surface area contributed by atoms with E-state index in [0.717, 1.165) is 31.2 Å². The Labute approximate surface area is 410 Å². The van der Waals surface area contributed by atoms with Gasteiger partial charge in [-0.15, -0.1) is 0 Å². The van der Waals surface area contributed by atoms with Crippen LogP contribution in [0.15, 0.2) is 133 Å². The second-order valence-electron chi connectivity index (χ2n) is 17.2. The highest BCUT2D eigenvalue weighted by atomic mass is 31.1. The number of hydrogen-bond donors (Lipinski definition) is 1. The summed E-state index contributed by atoms with van der Waals surface area (Å²) >= 11 is 0. The van der Waals surface area contributed by atoms with Crippen LogP contribution in [0.2, 0.25) is 0 Å². The Kier molecular flexibility index (Phi) is 17.7. The van der Waals surface area contributed by atoms with E-state index in [-0.39, 0.29) is 35.9 Å². The lowest BCUT2D eigenvalue weighted by molar-refractivity contribution is -0.384. The molecule has 0 aliphatic carbocycles. The van der Waals surface area contributed by atoms with Crippen molar-refractivity contribution in [2.75, 3.05) is 6.61 Å². The van der Waals surface area contributed by atoms with Crippen LogP contribution in [0, 0.1) is 35.8 Å². The molecule has 366 valence electrons. The predicted molar refractivity (Wildman–Crippen MR) is 278 cm³/mol. The van der Waals surface area contributed by atoms with Gasteiger partial charge in [-0.1, -0.05) is 145 Å². The number of nitro benzene ring substituents is 1. The van der Waals surface area contributed by atoms with Crippen LogP contribution in [0.25, 0.3) is 22.3 Å². The monoisotopic (exact) mass is 965 g/mol. The van der Waals surface area contributed by atoms with E-state index in [1.54, 1.807) is 31.7 Å². The van der Waals surface area contributed by atoms with Gasteiger partial charge in [-0.05, 0) is 80.8 Å². The maximum atomic E-state index is 11.8. The van der Waals surface area contributed by atoms with E-state index in [9.17, 15) is 14.9 Å². The average Bonchev–Trinajstić information content (AvgIpc) is 4.18. The number of rotatable bonds is 12. The third-order valence-corrected chi connectivity index (χ3v) is 14.8. The van der Waals surface area contributed by atoms with Crippen LogP contribution in [-0.2, 0) is 15.9 Å². The summed E-state index contributed by atoms with van der Waals surface area (Å²) in [5.41, 5.74) is 3.14. The smallest absolute Gasteiger partial charge is 0.279 e. The maximum Gasteiger partial charge on any atom is 0.279 e. The molecule has 2 aliphatic heterocycles. The summed E-state index contributed by atoms with van der Waals surface area (Å²) in [7, 11) is -0.446. The number of aryl methyl sites for hydroxylation is 2. The highest BCUT2D eigenvalue weighted by molar-refractivity contribution is 7.79. The number of aromatic amines is 1. The summed E-state index contributed by atoms with van der Waals surface area (Å²) in [5.74, 6) is 2.63. The van der Waals surface area contributed by atoms with E-state index >= 15 is 0 Å². The number of hydrogen-bond acceptors (Lipinski definition) is 11. The van der Waals surface area contributed by atoms with Gasteiger partial charge in [-0.25, -0.2) is 19.9 Å². The normalized spacial score (nSPS) is 19.4. The molecule has 2 unspecified atom stereocenters. The molecule has 4 aromatic carbocycles. The zero-order chi connectivity index (χ0) is 49.7. The topological polar surface area (TPSA) is 178 Å². The molecule has 0 spiro atoms. The SMILES string of the molecule is CC.CC[C@H]1O[C@@H](n2cnc3c(=O)[nH]c(C)nc32)CC1C.CC[C@H]1O[C@@H](n2cnc3c(OCCc4ccc([N+](=O)[O-])cc4)nc(C)nc32)CC1C.c1ccc(P(c2ccccc2)c2ccccc2)cc1. The molecule has 0 bridgehead atoms. The number of fused-ring (bicyclic) bond motifs is 2. The molecule has 10 rings (SSSR count). The molecular weight excluding hydrogens is 902 g/mol. The van der Waals surface area contributed by atoms with Gasteiger partial charge in [0.1, 0.15) is 24.1 Å². The van der Waals surface area contributed by atoms with Gasteiger partial charge in [0.15, 0.2) is 22.3 Å². The minimum absolute atomic E-state index is 0.0707. The average molecular weight is 966 g/mol. The Bertz CT molecular complexity index is 2870. The van der Waals surface area contributed by atoms with Crippen molar-refractivity contribution in [3.8, 4) is 5.88 Å². The number of imidazole rings is 2. The van der Waals surface area contributed by atoms with Gasteiger partial charge in [0.25, 0.3) is 11.2 Å². The van der Waals surface area contributed by atoms with Gasteiger partial charge in [-0.3, -0.25) is 24.0 Å². The first-order chi connectivity index (χ1) is 34.0. The standard InChI is InChI=1S/C21H25N5O4.C18H15P.C13H18N4O2.C2H6/c1-4-17-13(2)11-18(30-17)25-12-22-19-20(25)23-14(3)24-21(19)29-10-9-15-5-7-16(8-6-15)26(27)28;1-4-10-16(11-5-1)19(17-12-6-2-7-13-17)18-14-8-3-9-15-18;1-4-9-7(2)5-10(19-9)17-6-14-11-12(17)15-8(3)16-13(11)18;1-2/h5-8,12-13,17-18H,4,9-11H2,1-3H3;1-15H;6-7,9-10H,4-5H2,1-3H3,(H,15,16,18);1-2H3/t13?,17-,18-;;7?,9-,10-;/m1.1./s1. The van der Waals surface area contributed by atoms with Crippen molar-refractivity contribution < 1.29 is 19.1 Å². The predicted octanol–water partition coefficient (Wildman–Crippen LogP) is 10.2. The number of H-pyrrole nitrogens is 1. The maximum absolute atomic E-state index is 11.8. The van der Waals surface area contributed by atoms with Crippen molar-refractivity contribution in [3.63, 3.8) is 0 Å². The van der Waals surface area contributed by atoms with Crippen LogP contribution in [-0.4, -0.2) is 62.8 Å². The fourth-order valence-corrected chi connectivity index (χ4v) is 11.2. The molecular formula is C54H64N9O6P. The van der Waals surface area contributed by atoms with Crippen molar-refractivity contribution in [2.24, 2.45) is 11.8 Å². The van der Waals surface area contributed by atoms with E-state index in [2.05, 4.69) is 149 Å². The molecule has 2 aliphatic rings. The first-order valence-corrected chi connectivity index (χ1v) is 25.6. The molecule has 6 heterocycles. The molecule has 0 radical (unpaired) electrons. The van der Waals surface area contributed by atoms with Crippen LogP contribution in [0.1, 0.15) is 96.9 Å². The molecule has 0 amide bonds. The van der Waals surface area contributed by atoms with Gasteiger partial charge >= 0.3 is 0 Å². The Morgan fingerprint density at radius 3 is 1.63 bits per heavy atom. The second-order valence-corrected chi connectivity index (χ2v) is 19.5. The quantitative estimate of drug-likeness (QED) is 0.0700. The molecule has 6 atom stereocenters. The molecule has 0 saturated carbocycles. The van der Waals surface area contributed by atoms with Crippen LogP contribution in [0.4, 0.5) is 5.69 Å². The molecule has 8 aromatic rings. The summed E-state index contributed by atoms with van der Waals surface area (Å²) in [5, 5.41) is 15.0. The fraction of sp³-hybridized carbons (Fsp3) is 0.370. The van der Waals surface area contributed by atoms with Gasteiger partial charge in [0.05, 0.1) is 36.4 Å². The summed E-state index contributed by atoms with van der Waals surface area (Å²) in [6, 6.07) is 38.8. The Hall–Kier alpha value is -6.67. The van der Waals surface area contributed by atoms with Gasteiger partial charge in [0, 0.05) is 18.6 Å². The summed E-state index contributed by atoms with van der Waals surface area (Å²) < 4.78 is 22.0. The van der Waals surface area contributed by atoms with Crippen LogP contribution >= 0.6 is 7.92 Å². The number of aromatic nitrogens is 8. The molecule has 1 N–H and O–H groups in total. The highest BCUT2D eigenvalue weighted by Gasteiger charge is 2.34. The van der Waals surface area contributed by atoms with Crippen molar-refractivity contribution in [2.45, 2.75) is 112 Å². The Morgan fingerprint density at radius 2 is 1.17 bits per heavy atom. The lowest BCUT2D eigenvalue weighted by Crippen LogP contribution is -2.20. The zero-order valence-corrected chi connectivity index (χ0v) is 42.2. The molecule has 2 fully saturated rings. The van der Waals surface area contributed by atoms with Gasteiger partial charge < -0.3 is 19.2 Å². The summed E-state index contributed by atoms with van der Waals surface area (Å²) in [4.78, 5) is 46.8. The number of ether oxygens (including phenoxy) is 3. The summed E-state index contributed by atoms with van der Waals surface area (Å²) in [6.07, 6.45) is 8.19. The number of non-ortho nitro benzene ring substituents is 1. The molecule has 16 heteroatoms. The molecule has 2 saturated heterocycles.